The molecule has 2 atom stereocenters. The zero-order valence-corrected chi connectivity index (χ0v) is 10.0. The number of pyridine rings is 1. The third-order valence-electron chi connectivity index (χ3n) is 2.61. The molecule has 0 fully saturated rings. The maximum Gasteiger partial charge on any atom is 0.249 e. The molecule has 6 heteroatoms. The summed E-state index contributed by atoms with van der Waals surface area (Å²) < 4.78 is 0. The van der Waals surface area contributed by atoms with Crippen LogP contribution in [0.3, 0.4) is 0 Å². The summed E-state index contributed by atoms with van der Waals surface area (Å²) in [6, 6.07) is 8.17. The lowest BCUT2D eigenvalue weighted by Crippen LogP contribution is -2.33. The minimum absolute atomic E-state index is 0.368. The van der Waals surface area contributed by atoms with Crippen LogP contribution in [0.2, 0.25) is 5.15 Å². The van der Waals surface area contributed by atoms with Crippen molar-refractivity contribution in [3.8, 4) is 0 Å². The van der Waals surface area contributed by atoms with E-state index in [9.17, 15) is 15.0 Å². The van der Waals surface area contributed by atoms with Gasteiger partial charge in [-0.25, -0.2) is 4.98 Å². The van der Waals surface area contributed by atoms with Gasteiger partial charge >= 0.3 is 0 Å². The van der Waals surface area contributed by atoms with Crippen LogP contribution in [0.4, 0.5) is 0 Å². The van der Waals surface area contributed by atoms with Gasteiger partial charge in [0, 0.05) is 5.39 Å². The number of halogens is 1. The number of benzene rings is 1. The number of hydrogen-bond donors (Lipinski definition) is 3. The normalized spacial score (nSPS) is 14.4. The molecule has 0 radical (unpaired) electrons. The highest BCUT2D eigenvalue weighted by Crippen LogP contribution is 2.22. The van der Waals surface area contributed by atoms with Crippen molar-refractivity contribution < 1.29 is 15.0 Å². The summed E-state index contributed by atoms with van der Waals surface area (Å²) in [6.07, 6.45) is -3.00. The highest BCUT2D eigenvalue weighted by molar-refractivity contribution is 6.29. The number of fused-ring (bicyclic) bond motifs is 1. The number of aromatic nitrogens is 1. The molecule has 2 rings (SSSR count). The first kappa shape index (κ1) is 12.8. The molecule has 0 aliphatic heterocycles. The van der Waals surface area contributed by atoms with Crippen molar-refractivity contribution in [2.75, 3.05) is 0 Å². The van der Waals surface area contributed by atoms with Gasteiger partial charge in [-0.3, -0.25) is 4.79 Å². The first-order chi connectivity index (χ1) is 8.49. The second kappa shape index (κ2) is 4.89. The van der Waals surface area contributed by atoms with Crippen molar-refractivity contribution in [1.29, 1.82) is 0 Å². The number of nitrogens with two attached hydrogens (primary N) is 1. The molecule has 1 amide bonds. The number of carbonyl (C=O) groups excluding carboxylic acids is 1. The van der Waals surface area contributed by atoms with Gasteiger partial charge in [0.1, 0.15) is 11.3 Å². The summed E-state index contributed by atoms with van der Waals surface area (Å²) in [7, 11) is 0. The maximum atomic E-state index is 10.8. The first-order valence-corrected chi connectivity index (χ1v) is 5.58. The molecule has 1 aromatic carbocycles. The topological polar surface area (TPSA) is 96.4 Å². The summed E-state index contributed by atoms with van der Waals surface area (Å²) in [5, 5.41) is 20.3. The molecule has 5 nitrogen and oxygen atoms in total. The van der Waals surface area contributed by atoms with Crippen LogP contribution in [-0.2, 0) is 4.79 Å². The van der Waals surface area contributed by atoms with Crippen molar-refractivity contribution in [3.05, 3.63) is 41.0 Å². The fourth-order valence-corrected chi connectivity index (χ4v) is 1.80. The molecule has 18 heavy (non-hydrogen) atoms. The number of nitrogens with zero attached hydrogens (tertiary/aromatic N) is 1. The van der Waals surface area contributed by atoms with Crippen molar-refractivity contribution >= 4 is 28.4 Å². The molecule has 0 saturated carbocycles. The number of carbonyl (C=O) groups is 1. The first-order valence-electron chi connectivity index (χ1n) is 5.20. The summed E-state index contributed by atoms with van der Waals surface area (Å²) in [4.78, 5) is 14.9. The fraction of sp³-hybridized carbons (Fsp3) is 0.167. The summed E-state index contributed by atoms with van der Waals surface area (Å²) >= 11 is 5.75. The van der Waals surface area contributed by atoms with Gasteiger partial charge in [-0.15, -0.1) is 0 Å². The minimum Gasteiger partial charge on any atom is -0.385 e. The van der Waals surface area contributed by atoms with E-state index in [1.807, 2.05) is 0 Å². The number of aliphatic hydroxyl groups is 2. The SMILES string of the molecule is NC(=O)C(O)C(O)c1ccc2nc(Cl)ccc2c1. The maximum absolute atomic E-state index is 10.8. The molecule has 0 bridgehead atoms. The second-order valence-electron chi connectivity index (χ2n) is 3.88. The molecular weight excluding hydrogens is 256 g/mol. The quantitative estimate of drug-likeness (QED) is 0.715. The van der Waals surface area contributed by atoms with Gasteiger partial charge in [-0.05, 0) is 29.8 Å². The molecule has 0 spiro atoms. The van der Waals surface area contributed by atoms with Gasteiger partial charge in [0.2, 0.25) is 5.91 Å². The van der Waals surface area contributed by atoms with Crippen LogP contribution in [0.1, 0.15) is 11.7 Å². The Labute approximate surface area is 108 Å². The van der Waals surface area contributed by atoms with Crippen LogP contribution >= 0.6 is 11.6 Å². The van der Waals surface area contributed by atoms with Gasteiger partial charge in [0.15, 0.2) is 6.10 Å². The monoisotopic (exact) mass is 266 g/mol. The van der Waals surface area contributed by atoms with E-state index < -0.39 is 18.1 Å². The third-order valence-corrected chi connectivity index (χ3v) is 2.82. The lowest BCUT2D eigenvalue weighted by molar-refractivity contribution is -0.131. The second-order valence-corrected chi connectivity index (χ2v) is 4.27. The number of aliphatic hydroxyl groups excluding tert-OH is 2. The van der Waals surface area contributed by atoms with Crippen LogP contribution in [0.5, 0.6) is 0 Å². The van der Waals surface area contributed by atoms with Crippen LogP contribution in [0.25, 0.3) is 10.9 Å². The Bertz CT molecular complexity index is 603. The molecule has 94 valence electrons. The molecule has 2 aromatic rings. The van der Waals surface area contributed by atoms with Gasteiger partial charge in [0.25, 0.3) is 0 Å². The summed E-state index contributed by atoms with van der Waals surface area (Å²) in [5.41, 5.74) is 5.97. The van der Waals surface area contributed by atoms with Crippen molar-refractivity contribution in [3.63, 3.8) is 0 Å². The third kappa shape index (κ3) is 2.43. The van der Waals surface area contributed by atoms with E-state index in [2.05, 4.69) is 4.98 Å². The smallest absolute Gasteiger partial charge is 0.249 e. The Morgan fingerprint density at radius 2 is 2.00 bits per heavy atom. The Morgan fingerprint density at radius 1 is 1.28 bits per heavy atom. The predicted octanol–water partition coefficient (Wildman–Crippen LogP) is 0.768. The molecular formula is C12H11ClN2O3. The molecule has 0 saturated heterocycles. The largest absolute Gasteiger partial charge is 0.385 e. The zero-order chi connectivity index (χ0) is 13.3. The van der Waals surface area contributed by atoms with Crippen LogP contribution in [0, 0.1) is 0 Å². The number of amides is 1. The van der Waals surface area contributed by atoms with Crippen LogP contribution in [0.15, 0.2) is 30.3 Å². The number of hydrogen-bond acceptors (Lipinski definition) is 4. The fourth-order valence-electron chi connectivity index (χ4n) is 1.64. The summed E-state index contributed by atoms with van der Waals surface area (Å²) in [6.45, 7) is 0. The lowest BCUT2D eigenvalue weighted by atomic mass is 10.0. The zero-order valence-electron chi connectivity index (χ0n) is 9.25. The van der Waals surface area contributed by atoms with E-state index in [1.54, 1.807) is 30.3 Å². The predicted molar refractivity (Wildman–Crippen MR) is 66.9 cm³/mol. The summed E-state index contributed by atoms with van der Waals surface area (Å²) in [5.74, 6) is -0.975. The van der Waals surface area contributed by atoms with Crippen molar-refractivity contribution in [1.82, 2.24) is 4.98 Å². The highest BCUT2D eigenvalue weighted by Gasteiger charge is 2.23. The standard InChI is InChI=1S/C12H11ClN2O3/c13-9-4-2-6-5-7(1-3-8(6)15-9)10(16)11(17)12(14)18/h1-5,10-11,16-17H,(H2,14,18). The van der Waals surface area contributed by atoms with Crippen molar-refractivity contribution in [2.45, 2.75) is 12.2 Å². The van der Waals surface area contributed by atoms with Crippen molar-refractivity contribution in [2.24, 2.45) is 5.73 Å². The van der Waals surface area contributed by atoms with E-state index in [0.29, 0.717) is 16.2 Å². The Morgan fingerprint density at radius 3 is 2.67 bits per heavy atom. The molecule has 1 aromatic heterocycles. The van der Waals surface area contributed by atoms with Crippen LogP contribution in [-0.4, -0.2) is 27.2 Å². The lowest BCUT2D eigenvalue weighted by Gasteiger charge is -2.15. The Balaban J connectivity index is 2.41. The van der Waals surface area contributed by atoms with Gasteiger partial charge in [-0.1, -0.05) is 17.7 Å². The molecule has 1 heterocycles. The van der Waals surface area contributed by atoms with Gasteiger partial charge in [0.05, 0.1) is 5.52 Å². The number of primary amides is 1. The van der Waals surface area contributed by atoms with E-state index >= 15 is 0 Å². The molecule has 4 N–H and O–H groups in total. The van der Waals surface area contributed by atoms with Gasteiger partial charge < -0.3 is 15.9 Å². The minimum atomic E-state index is -1.64. The van der Waals surface area contributed by atoms with Crippen LogP contribution < -0.4 is 5.73 Å². The molecule has 0 aliphatic carbocycles. The molecule has 0 aliphatic rings. The average Bonchev–Trinajstić information content (AvgIpc) is 2.36. The van der Waals surface area contributed by atoms with Gasteiger partial charge in [-0.2, -0.15) is 0 Å². The highest BCUT2D eigenvalue weighted by atomic mass is 35.5. The van der Waals surface area contributed by atoms with E-state index in [0.717, 1.165) is 5.39 Å². The molecule has 2 unspecified atom stereocenters. The van der Waals surface area contributed by atoms with E-state index in [-0.39, 0.29) is 0 Å². The van der Waals surface area contributed by atoms with E-state index in [1.165, 1.54) is 0 Å². The average molecular weight is 267 g/mol. The van der Waals surface area contributed by atoms with E-state index in [4.69, 9.17) is 17.3 Å². The Hall–Kier alpha value is -1.69. The number of rotatable bonds is 3. The Kier molecular flexibility index (Phi) is 3.47.